The van der Waals surface area contributed by atoms with Crippen LogP contribution in [0.25, 0.3) is 0 Å². The van der Waals surface area contributed by atoms with Crippen molar-refractivity contribution in [2.24, 2.45) is 0 Å². The van der Waals surface area contributed by atoms with E-state index in [1.165, 1.54) is 0 Å². The van der Waals surface area contributed by atoms with Crippen LogP contribution in [0.5, 0.6) is 5.75 Å². The van der Waals surface area contributed by atoms with Crippen LogP contribution in [0.1, 0.15) is 25.3 Å². The minimum Gasteiger partial charge on any atom is -0.508 e. The van der Waals surface area contributed by atoms with E-state index in [0.717, 1.165) is 24.9 Å². The van der Waals surface area contributed by atoms with Gasteiger partial charge in [-0.1, -0.05) is 12.1 Å². The molecule has 2 amide bonds. The molecule has 0 unspecified atom stereocenters. The summed E-state index contributed by atoms with van der Waals surface area (Å²) < 4.78 is 0. The molecule has 1 aromatic carbocycles. The Morgan fingerprint density at radius 2 is 2.09 bits per heavy atom. The van der Waals surface area contributed by atoms with E-state index in [1.807, 2.05) is 6.92 Å². The van der Waals surface area contributed by atoms with Crippen molar-refractivity contribution < 1.29 is 14.7 Å². The molecular weight excluding hydrogens is 282 g/mol. The van der Waals surface area contributed by atoms with Gasteiger partial charge >= 0.3 is 0 Å². The normalized spacial score (nSPS) is 18.7. The van der Waals surface area contributed by atoms with Crippen LogP contribution in [0.15, 0.2) is 24.3 Å². The summed E-state index contributed by atoms with van der Waals surface area (Å²) in [6.45, 7) is 3.19. The number of hydrogen-bond donors (Lipinski definition) is 4. The quantitative estimate of drug-likeness (QED) is 0.609. The number of hydrogen-bond acceptors (Lipinski definition) is 4. The van der Waals surface area contributed by atoms with E-state index in [2.05, 4.69) is 16.0 Å². The zero-order chi connectivity index (χ0) is 15.9. The van der Waals surface area contributed by atoms with Gasteiger partial charge in [0.15, 0.2) is 0 Å². The van der Waals surface area contributed by atoms with Crippen LogP contribution in [0.2, 0.25) is 0 Å². The highest BCUT2D eigenvalue weighted by atomic mass is 16.3. The molecule has 1 aromatic rings. The molecule has 6 nitrogen and oxygen atoms in total. The zero-order valence-corrected chi connectivity index (χ0v) is 12.8. The van der Waals surface area contributed by atoms with Crippen molar-refractivity contribution in [3.8, 4) is 5.75 Å². The average molecular weight is 305 g/mol. The van der Waals surface area contributed by atoms with E-state index in [0.29, 0.717) is 13.0 Å². The number of phenolic OH excluding ortho intramolecular Hbond substituents is 1. The first-order valence-corrected chi connectivity index (χ1v) is 7.69. The third-order valence-corrected chi connectivity index (χ3v) is 3.74. The standard InChI is InChI=1S/C16H23N3O3/c1-2-17-15(21)14(10-11-5-7-12(20)8-6-11)19-16(22)13-4-3-9-18-13/h5-8,13-14,18,20H,2-4,9-10H2,1H3,(H,17,21)(H,19,22)/t13-,14-/m0/s1. The second-order valence-corrected chi connectivity index (χ2v) is 5.48. The topological polar surface area (TPSA) is 90.5 Å². The largest absolute Gasteiger partial charge is 0.508 e. The van der Waals surface area contributed by atoms with Crippen LogP contribution in [-0.4, -0.2) is 42.1 Å². The van der Waals surface area contributed by atoms with Gasteiger partial charge in [0.2, 0.25) is 11.8 Å². The monoisotopic (exact) mass is 305 g/mol. The Labute approximate surface area is 130 Å². The minimum atomic E-state index is -0.612. The predicted octanol–water partition coefficient (Wildman–Crippen LogP) is 0.308. The Morgan fingerprint density at radius 1 is 1.36 bits per heavy atom. The molecule has 0 aromatic heterocycles. The first-order valence-electron chi connectivity index (χ1n) is 7.69. The van der Waals surface area contributed by atoms with Gasteiger partial charge in [-0.15, -0.1) is 0 Å². The molecule has 1 aliphatic rings. The highest BCUT2D eigenvalue weighted by molar-refractivity contribution is 5.90. The molecule has 1 fully saturated rings. The third kappa shape index (κ3) is 4.46. The molecule has 0 aliphatic carbocycles. The van der Waals surface area contributed by atoms with Crippen molar-refractivity contribution >= 4 is 11.8 Å². The van der Waals surface area contributed by atoms with Crippen molar-refractivity contribution in [1.29, 1.82) is 0 Å². The van der Waals surface area contributed by atoms with Crippen molar-refractivity contribution in [1.82, 2.24) is 16.0 Å². The van der Waals surface area contributed by atoms with Gasteiger partial charge in [0.25, 0.3) is 0 Å². The number of amides is 2. The molecule has 1 saturated heterocycles. The molecule has 120 valence electrons. The summed E-state index contributed by atoms with van der Waals surface area (Å²) in [6.07, 6.45) is 2.17. The van der Waals surface area contributed by atoms with Crippen LogP contribution in [0, 0.1) is 0 Å². The Hall–Kier alpha value is -2.08. The second kappa shape index (κ2) is 7.79. The smallest absolute Gasteiger partial charge is 0.242 e. The highest BCUT2D eigenvalue weighted by Crippen LogP contribution is 2.12. The number of carbonyl (C=O) groups is 2. The second-order valence-electron chi connectivity index (χ2n) is 5.48. The molecule has 0 radical (unpaired) electrons. The van der Waals surface area contributed by atoms with Crippen LogP contribution in [-0.2, 0) is 16.0 Å². The lowest BCUT2D eigenvalue weighted by Crippen LogP contribution is -2.52. The fourth-order valence-electron chi connectivity index (χ4n) is 2.56. The van der Waals surface area contributed by atoms with Crippen molar-refractivity contribution in [3.05, 3.63) is 29.8 Å². The van der Waals surface area contributed by atoms with Gasteiger partial charge in [-0.3, -0.25) is 9.59 Å². The summed E-state index contributed by atoms with van der Waals surface area (Å²) in [6, 6.07) is 5.83. The third-order valence-electron chi connectivity index (χ3n) is 3.74. The number of benzene rings is 1. The van der Waals surface area contributed by atoms with Gasteiger partial charge < -0.3 is 21.1 Å². The van der Waals surface area contributed by atoms with Crippen molar-refractivity contribution in [2.45, 2.75) is 38.3 Å². The number of aromatic hydroxyl groups is 1. The van der Waals surface area contributed by atoms with Crippen LogP contribution < -0.4 is 16.0 Å². The first kappa shape index (κ1) is 16.3. The van der Waals surface area contributed by atoms with Gasteiger partial charge in [-0.25, -0.2) is 0 Å². The lowest BCUT2D eigenvalue weighted by atomic mass is 10.0. The maximum Gasteiger partial charge on any atom is 0.242 e. The summed E-state index contributed by atoms with van der Waals surface area (Å²) >= 11 is 0. The van der Waals surface area contributed by atoms with E-state index < -0.39 is 6.04 Å². The van der Waals surface area contributed by atoms with Crippen molar-refractivity contribution in [2.75, 3.05) is 13.1 Å². The van der Waals surface area contributed by atoms with E-state index in [-0.39, 0.29) is 23.6 Å². The molecule has 0 spiro atoms. The summed E-state index contributed by atoms with van der Waals surface area (Å²) in [5.41, 5.74) is 0.883. The molecule has 0 saturated carbocycles. The van der Waals surface area contributed by atoms with Crippen LogP contribution >= 0.6 is 0 Å². The van der Waals surface area contributed by atoms with Gasteiger partial charge in [0.05, 0.1) is 6.04 Å². The molecule has 4 N–H and O–H groups in total. The van der Waals surface area contributed by atoms with Crippen LogP contribution in [0.4, 0.5) is 0 Å². The fourth-order valence-corrected chi connectivity index (χ4v) is 2.56. The SMILES string of the molecule is CCNC(=O)[C@H](Cc1ccc(O)cc1)NC(=O)[C@@H]1CCCN1. The number of likely N-dealkylation sites (N-methyl/N-ethyl adjacent to an activating group) is 1. The maximum atomic E-state index is 12.2. The van der Waals surface area contributed by atoms with Gasteiger partial charge in [-0.05, 0) is 44.0 Å². The fraction of sp³-hybridized carbons (Fsp3) is 0.500. The lowest BCUT2D eigenvalue weighted by molar-refractivity contribution is -0.129. The molecule has 1 heterocycles. The van der Waals surface area contributed by atoms with Gasteiger partial charge in [0.1, 0.15) is 11.8 Å². The van der Waals surface area contributed by atoms with E-state index in [9.17, 15) is 14.7 Å². The molecule has 2 rings (SSSR count). The average Bonchev–Trinajstić information content (AvgIpc) is 3.03. The molecule has 22 heavy (non-hydrogen) atoms. The Balaban J connectivity index is 2.03. The molecule has 2 atom stereocenters. The first-order chi connectivity index (χ1) is 10.6. The summed E-state index contributed by atoms with van der Waals surface area (Å²) in [4.78, 5) is 24.4. The lowest BCUT2D eigenvalue weighted by Gasteiger charge is -2.20. The van der Waals surface area contributed by atoms with Gasteiger partial charge in [0, 0.05) is 13.0 Å². The highest BCUT2D eigenvalue weighted by Gasteiger charge is 2.27. The number of carbonyl (C=O) groups excluding carboxylic acids is 2. The van der Waals surface area contributed by atoms with E-state index in [4.69, 9.17) is 0 Å². The van der Waals surface area contributed by atoms with E-state index in [1.54, 1.807) is 24.3 Å². The van der Waals surface area contributed by atoms with E-state index >= 15 is 0 Å². The van der Waals surface area contributed by atoms with Gasteiger partial charge in [-0.2, -0.15) is 0 Å². The Kier molecular flexibility index (Phi) is 5.77. The summed E-state index contributed by atoms with van der Waals surface area (Å²) in [7, 11) is 0. The van der Waals surface area contributed by atoms with Crippen molar-refractivity contribution in [3.63, 3.8) is 0 Å². The predicted molar refractivity (Wildman–Crippen MR) is 83.4 cm³/mol. The Morgan fingerprint density at radius 3 is 2.68 bits per heavy atom. The zero-order valence-electron chi connectivity index (χ0n) is 12.8. The number of nitrogens with one attached hydrogen (secondary N) is 3. The molecule has 6 heteroatoms. The summed E-state index contributed by atoms with van der Waals surface area (Å²) in [5.74, 6) is -0.146. The maximum absolute atomic E-state index is 12.2. The van der Waals surface area contributed by atoms with Crippen LogP contribution in [0.3, 0.4) is 0 Å². The molecule has 0 bridgehead atoms. The number of phenols is 1. The number of rotatable bonds is 6. The molecular formula is C16H23N3O3. The minimum absolute atomic E-state index is 0.132. The molecule has 1 aliphatic heterocycles. The Bertz CT molecular complexity index is 510. The summed E-state index contributed by atoms with van der Waals surface area (Å²) in [5, 5.41) is 18.0.